The highest BCUT2D eigenvalue weighted by Gasteiger charge is 2.25. The average molecular weight is 366 g/mol. The summed E-state index contributed by atoms with van der Waals surface area (Å²) < 4.78 is 11.0. The monoisotopic (exact) mass is 366 g/mol. The van der Waals surface area contributed by atoms with Crippen molar-refractivity contribution in [2.24, 2.45) is 0 Å². The number of nitrogens with one attached hydrogen (secondary N) is 1. The molecule has 6 heteroatoms. The Kier molecular flexibility index (Phi) is 5.76. The number of hydrogen-bond acceptors (Lipinski definition) is 4. The van der Waals surface area contributed by atoms with Crippen molar-refractivity contribution in [3.63, 3.8) is 0 Å². The summed E-state index contributed by atoms with van der Waals surface area (Å²) in [4.78, 5) is 26.0. The first-order valence-corrected chi connectivity index (χ1v) is 8.72. The third-order valence-corrected chi connectivity index (χ3v) is 3.95. The Balaban J connectivity index is 1.62. The number of nitrogens with zero attached hydrogens (tertiary/aromatic N) is 1. The van der Waals surface area contributed by atoms with Crippen LogP contribution in [0.2, 0.25) is 0 Å². The number of fused-ring (bicyclic) bond motifs is 1. The fraction of sp³-hybridized carbons (Fsp3) is 0.238. The van der Waals surface area contributed by atoms with E-state index in [9.17, 15) is 9.59 Å². The zero-order valence-electron chi connectivity index (χ0n) is 15.2. The highest BCUT2D eigenvalue weighted by atomic mass is 16.5. The maximum absolute atomic E-state index is 12.2. The minimum atomic E-state index is -0.166. The van der Waals surface area contributed by atoms with E-state index in [-0.39, 0.29) is 31.4 Å². The van der Waals surface area contributed by atoms with Gasteiger partial charge in [-0.15, -0.1) is 0 Å². The number of para-hydroxylation sites is 1. The van der Waals surface area contributed by atoms with E-state index in [4.69, 9.17) is 9.47 Å². The van der Waals surface area contributed by atoms with E-state index in [1.807, 2.05) is 37.3 Å². The molecule has 3 rings (SSSR count). The van der Waals surface area contributed by atoms with Gasteiger partial charge in [-0.1, -0.05) is 30.4 Å². The van der Waals surface area contributed by atoms with E-state index in [1.165, 1.54) is 0 Å². The van der Waals surface area contributed by atoms with Crippen LogP contribution in [0.4, 0.5) is 11.4 Å². The normalized spacial score (nSPS) is 12.8. The first kappa shape index (κ1) is 18.5. The van der Waals surface area contributed by atoms with Crippen molar-refractivity contribution >= 4 is 23.2 Å². The van der Waals surface area contributed by atoms with Crippen molar-refractivity contribution in [1.29, 1.82) is 0 Å². The molecule has 6 nitrogen and oxygen atoms in total. The van der Waals surface area contributed by atoms with Gasteiger partial charge in [-0.2, -0.15) is 0 Å². The third kappa shape index (κ3) is 4.88. The van der Waals surface area contributed by atoms with E-state index < -0.39 is 0 Å². The molecule has 1 aliphatic heterocycles. The van der Waals surface area contributed by atoms with E-state index in [0.29, 0.717) is 23.7 Å². The number of hydrogen-bond donors (Lipinski definition) is 1. The van der Waals surface area contributed by atoms with Gasteiger partial charge in [0.05, 0.1) is 18.7 Å². The lowest BCUT2D eigenvalue weighted by Gasteiger charge is -2.30. The van der Waals surface area contributed by atoms with Crippen LogP contribution in [0.25, 0.3) is 0 Å². The molecule has 0 bridgehead atoms. The smallest absolute Gasteiger partial charge is 0.265 e. The fourth-order valence-corrected chi connectivity index (χ4v) is 2.72. The summed E-state index contributed by atoms with van der Waals surface area (Å²) in [5.41, 5.74) is 2.10. The molecule has 0 fully saturated rings. The highest BCUT2D eigenvalue weighted by molar-refractivity contribution is 5.99. The van der Waals surface area contributed by atoms with E-state index in [1.54, 1.807) is 23.1 Å². The van der Waals surface area contributed by atoms with E-state index >= 15 is 0 Å². The number of amides is 2. The molecule has 0 spiro atoms. The number of anilines is 2. The van der Waals surface area contributed by atoms with Gasteiger partial charge in [-0.05, 0) is 37.3 Å². The van der Waals surface area contributed by atoms with Gasteiger partial charge in [0.15, 0.2) is 6.61 Å². The molecule has 0 aliphatic carbocycles. The average Bonchev–Trinajstić information content (AvgIpc) is 2.65. The van der Waals surface area contributed by atoms with E-state index in [0.717, 1.165) is 11.3 Å². The Labute approximate surface area is 158 Å². The number of carbonyl (C=O) groups is 2. The maximum Gasteiger partial charge on any atom is 0.265 e. The quantitative estimate of drug-likeness (QED) is 0.763. The van der Waals surface area contributed by atoms with Crippen molar-refractivity contribution < 1.29 is 19.1 Å². The molecule has 27 heavy (non-hydrogen) atoms. The standard InChI is InChI=1S/C21H22N2O4/c1-15(2)13-23-18-12-16(8-9-19(18)27-14-21(23)25)22-20(24)10-11-26-17-6-4-3-5-7-17/h3-9,12H,1,10-11,13-14H2,2H3,(H,22,24). The summed E-state index contributed by atoms with van der Waals surface area (Å²) in [5, 5.41) is 2.83. The molecule has 140 valence electrons. The zero-order valence-corrected chi connectivity index (χ0v) is 15.2. The second kappa shape index (κ2) is 8.40. The van der Waals surface area contributed by atoms with Gasteiger partial charge in [0.1, 0.15) is 11.5 Å². The van der Waals surface area contributed by atoms with Crippen molar-refractivity contribution in [1.82, 2.24) is 0 Å². The van der Waals surface area contributed by atoms with Gasteiger partial charge in [0, 0.05) is 12.2 Å². The van der Waals surface area contributed by atoms with Crippen LogP contribution in [0.3, 0.4) is 0 Å². The van der Waals surface area contributed by atoms with Crippen LogP contribution in [-0.4, -0.2) is 31.6 Å². The van der Waals surface area contributed by atoms with Crippen LogP contribution in [0.1, 0.15) is 13.3 Å². The summed E-state index contributed by atoms with van der Waals surface area (Å²) in [6.45, 7) is 6.43. The van der Waals surface area contributed by atoms with Crippen molar-refractivity contribution in [2.75, 3.05) is 30.0 Å². The van der Waals surface area contributed by atoms with Crippen LogP contribution in [0.5, 0.6) is 11.5 Å². The highest BCUT2D eigenvalue weighted by Crippen LogP contribution is 2.35. The topological polar surface area (TPSA) is 67.9 Å². The molecule has 0 unspecified atom stereocenters. The molecule has 1 N–H and O–H groups in total. The number of rotatable bonds is 7. The van der Waals surface area contributed by atoms with E-state index in [2.05, 4.69) is 11.9 Å². The van der Waals surface area contributed by atoms with Crippen molar-refractivity contribution in [2.45, 2.75) is 13.3 Å². The SMILES string of the molecule is C=C(C)CN1C(=O)COc2ccc(NC(=O)CCOc3ccccc3)cc21. The molecular weight excluding hydrogens is 344 g/mol. The minimum Gasteiger partial charge on any atom is -0.493 e. The summed E-state index contributed by atoms with van der Waals surface area (Å²) in [7, 11) is 0. The van der Waals surface area contributed by atoms with Gasteiger partial charge >= 0.3 is 0 Å². The maximum atomic E-state index is 12.2. The molecule has 1 heterocycles. The van der Waals surface area contributed by atoms with Crippen LogP contribution < -0.4 is 19.7 Å². The molecule has 1 aliphatic rings. The predicted molar refractivity (Wildman–Crippen MR) is 104 cm³/mol. The molecule has 0 aromatic heterocycles. The molecule has 0 radical (unpaired) electrons. The lowest BCUT2D eigenvalue weighted by atomic mass is 10.2. The molecule has 2 aromatic carbocycles. The zero-order chi connectivity index (χ0) is 19.2. The van der Waals surface area contributed by atoms with Crippen LogP contribution in [-0.2, 0) is 9.59 Å². The molecule has 2 amide bonds. The summed E-state index contributed by atoms with van der Waals surface area (Å²) in [5.74, 6) is 1.04. The molecule has 0 atom stereocenters. The molecule has 0 saturated carbocycles. The Morgan fingerprint density at radius 1 is 1.26 bits per heavy atom. The largest absolute Gasteiger partial charge is 0.493 e. The first-order chi connectivity index (χ1) is 13.0. The second-order valence-corrected chi connectivity index (χ2v) is 6.37. The number of benzene rings is 2. The van der Waals surface area contributed by atoms with Crippen LogP contribution in [0, 0.1) is 0 Å². The first-order valence-electron chi connectivity index (χ1n) is 8.72. The summed E-state index contributed by atoms with van der Waals surface area (Å²) in [6, 6.07) is 14.6. The van der Waals surface area contributed by atoms with Crippen molar-refractivity contribution in [3.8, 4) is 11.5 Å². The molecule has 2 aromatic rings. The van der Waals surface area contributed by atoms with Gasteiger partial charge < -0.3 is 19.7 Å². The third-order valence-electron chi connectivity index (χ3n) is 3.95. The second-order valence-electron chi connectivity index (χ2n) is 6.37. The lowest BCUT2D eigenvalue weighted by molar-refractivity contribution is -0.121. The molecule has 0 saturated heterocycles. The van der Waals surface area contributed by atoms with Crippen LogP contribution in [0.15, 0.2) is 60.7 Å². The fourth-order valence-electron chi connectivity index (χ4n) is 2.72. The Bertz CT molecular complexity index is 849. The van der Waals surface area contributed by atoms with Crippen LogP contribution >= 0.6 is 0 Å². The number of carbonyl (C=O) groups excluding carboxylic acids is 2. The van der Waals surface area contributed by atoms with Crippen molar-refractivity contribution in [3.05, 3.63) is 60.7 Å². The van der Waals surface area contributed by atoms with Gasteiger partial charge in [0.2, 0.25) is 5.91 Å². The van der Waals surface area contributed by atoms with Gasteiger partial charge in [0.25, 0.3) is 5.91 Å². The Morgan fingerprint density at radius 3 is 2.78 bits per heavy atom. The minimum absolute atomic E-state index is 0.00279. The summed E-state index contributed by atoms with van der Waals surface area (Å²) in [6.07, 6.45) is 0.219. The van der Waals surface area contributed by atoms with Gasteiger partial charge in [-0.25, -0.2) is 0 Å². The lowest BCUT2D eigenvalue weighted by Crippen LogP contribution is -2.39. The number of ether oxygens (including phenoxy) is 2. The summed E-state index contributed by atoms with van der Waals surface area (Å²) >= 11 is 0. The Hall–Kier alpha value is -3.28. The Morgan fingerprint density at radius 2 is 2.04 bits per heavy atom. The molecular formula is C21H22N2O4. The predicted octanol–water partition coefficient (Wildman–Crippen LogP) is 3.40. The van der Waals surface area contributed by atoms with Gasteiger partial charge in [-0.3, -0.25) is 9.59 Å².